The van der Waals surface area contributed by atoms with Gasteiger partial charge in [-0.3, -0.25) is 14.6 Å². The Morgan fingerprint density at radius 3 is 2.52 bits per heavy atom. The van der Waals surface area contributed by atoms with Gasteiger partial charge in [0.15, 0.2) is 5.76 Å². The number of aromatic nitrogens is 1. The number of halogens is 1. The van der Waals surface area contributed by atoms with Gasteiger partial charge >= 0.3 is 0 Å². The van der Waals surface area contributed by atoms with Gasteiger partial charge in [-0.25, -0.2) is 12.7 Å². The highest BCUT2D eigenvalue weighted by Crippen LogP contribution is 2.27. The number of carbonyl (C=O) groups is 1. The largest absolute Gasteiger partial charge is 0.360 e. The maximum Gasteiger partial charge on any atom is 0.244 e. The first-order valence-corrected chi connectivity index (χ1v) is 11.8. The van der Waals surface area contributed by atoms with E-state index >= 15 is 0 Å². The van der Waals surface area contributed by atoms with Crippen LogP contribution in [0.3, 0.4) is 0 Å². The van der Waals surface area contributed by atoms with E-state index in [1.54, 1.807) is 6.07 Å². The number of piperazine rings is 1. The number of carbonyl (C=O) groups excluding carboxylic acids is 1. The Bertz CT molecular complexity index is 1030. The molecule has 1 aromatic carbocycles. The van der Waals surface area contributed by atoms with Crippen LogP contribution < -0.4 is 5.32 Å². The van der Waals surface area contributed by atoms with E-state index in [0.717, 1.165) is 41.9 Å². The fourth-order valence-electron chi connectivity index (χ4n) is 3.41. The van der Waals surface area contributed by atoms with Crippen LogP contribution >= 0.6 is 11.6 Å². The number of benzene rings is 1. The maximum absolute atomic E-state index is 12.8. The summed E-state index contributed by atoms with van der Waals surface area (Å²) in [6.45, 7) is 7.53. The Kier molecular flexibility index (Phi) is 7.38. The van der Waals surface area contributed by atoms with Crippen molar-refractivity contribution < 1.29 is 17.7 Å². The molecule has 1 saturated heterocycles. The molecule has 0 saturated carbocycles. The standard InChI is InChI=1S/C20H28ClN5O4S/c1-14-11-17(30-23-14)13-25-7-9-26(10-8-25)15(2)20(27)22-16-5-6-18(21)19(12-16)31(28,29)24(3)4/h5-6,11-12,15H,7-10,13H2,1-4H3,(H,22,27). The second kappa shape index (κ2) is 9.66. The molecule has 2 aromatic rings. The van der Waals surface area contributed by atoms with Crippen molar-refractivity contribution in [1.29, 1.82) is 0 Å². The molecule has 1 amide bonds. The topological polar surface area (TPSA) is 99.0 Å². The Morgan fingerprint density at radius 1 is 1.26 bits per heavy atom. The highest BCUT2D eigenvalue weighted by Gasteiger charge is 2.27. The van der Waals surface area contributed by atoms with E-state index in [1.165, 1.54) is 26.2 Å². The molecule has 0 aliphatic carbocycles. The van der Waals surface area contributed by atoms with Gasteiger partial charge in [-0.15, -0.1) is 0 Å². The minimum absolute atomic E-state index is 0.0408. The number of nitrogens with one attached hydrogen (secondary N) is 1. The van der Waals surface area contributed by atoms with Crippen molar-refractivity contribution in [3.05, 3.63) is 40.7 Å². The monoisotopic (exact) mass is 469 g/mol. The molecule has 1 N–H and O–H groups in total. The van der Waals surface area contributed by atoms with E-state index in [1.807, 2.05) is 19.9 Å². The molecule has 1 unspecified atom stereocenters. The van der Waals surface area contributed by atoms with Crippen molar-refractivity contribution in [3.63, 3.8) is 0 Å². The van der Waals surface area contributed by atoms with Crippen LogP contribution in [0.15, 0.2) is 33.7 Å². The molecule has 1 fully saturated rings. The summed E-state index contributed by atoms with van der Waals surface area (Å²) in [7, 11) is -0.850. The SMILES string of the molecule is Cc1cc(CN2CCN(C(C)C(=O)Nc3ccc(Cl)c(S(=O)(=O)N(C)C)c3)CC2)on1. The van der Waals surface area contributed by atoms with Crippen molar-refractivity contribution in [2.75, 3.05) is 45.6 Å². The van der Waals surface area contributed by atoms with Crippen molar-refractivity contribution in [3.8, 4) is 0 Å². The van der Waals surface area contributed by atoms with Gasteiger partial charge in [-0.05, 0) is 32.0 Å². The minimum atomic E-state index is -3.72. The molecule has 3 rings (SSSR count). The number of hydrogen-bond donors (Lipinski definition) is 1. The van der Waals surface area contributed by atoms with Crippen LogP contribution in [0, 0.1) is 6.92 Å². The van der Waals surface area contributed by atoms with Gasteiger partial charge in [0.1, 0.15) is 4.90 Å². The van der Waals surface area contributed by atoms with E-state index < -0.39 is 10.0 Å². The number of sulfonamides is 1. The lowest BCUT2D eigenvalue weighted by atomic mass is 10.2. The summed E-state index contributed by atoms with van der Waals surface area (Å²) in [5, 5.41) is 6.83. The van der Waals surface area contributed by atoms with Gasteiger partial charge in [0, 0.05) is 52.0 Å². The molecule has 0 bridgehead atoms. The average molecular weight is 470 g/mol. The molecule has 1 aliphatic rings. The van der Waals surface area contributed by atoms with Crippen molar-refractivity contribution in [2.45, 2.75) is 31.3 Å². The normalized spacial score (nSPS) is 17.1. The maximum atomic E-state index is 12.8. The van der Waals surface area contributed by atoms with Gasteiger partial charge < -0.3 is 9.84 Å². The number of amides is 1. The molecule has 2 heterocycles. The fraction of sp³-hybridized carbons (Fsp3) is 0.500. The molecular weight excluding hydrogens is 442 g/mol. The van der Waals surface area contributed by atoms with Gasteiger partial charge in [-0.1, -0.05) is 16.8 Å². The quantitative estimate of drug-likeness (QED) is 0.662. The highest BCUT2D eigenvalue weighted by molar-refractivity contribution is 7.89. The zero-order chi connectivity index (χ0) is 22.8. The minimum Gasteiger partial charge on any atom is -0.360 e. The Labute approximate surface area is 188 Å². The molecule has 11 heteroatoms. The average Bonchev–Trinajstić information content (AvgIpc) is 3.13. The van der Waals surface area contributed by atoms with E-state index in [4.69, 9.17) is 16.1 Å². The number of aryl methyl sites for hydroxylation is 1. The molecular formula is C20H28ClN5O4S. The van der Waals surface area contributed by atoms with Gasteiger partial charge in [-0.2, -0.15) is 0 Å². The molecule has 31 heavy (non-hydrogen) atoms. The van der Waals surface area contributed by atoms with E-state index in [9.17, 15) is 13.2 Å². The van der Waals surface area contributed by atoms with Crippen LogP contribution in [0.25, 0.3) is 0 Å². The first-order valence-electron chi connectivity index (χ1n) is 9.99. The molecule has 0 radical (unpaired) electrons. The second-order valence-electron chi connectivity index (χ2n) is 7.84. The lowest BCUT2D eigenvalue weighted by Gasteiger charge is -2.37. The summed E-state index contributed by atoms with van der Waals surface area (Å²) in [4.78, 5) is 17.1. The molecule has 170 valence electrons. The Morgan fingerprint density at radius 2 is 1.94 bits per heavy atom. The molecule has 1 aliphatic heterocycles. The predicted octanol–water partition coefficient (Wildman–Crippen LogP) is 2.03. The molecule has 1 atom stereocenters. The summed E-state index contributed by atoms with van der Waals surface area (Å²) >= 11 is 6.08. The smallest absolute Gasteiger partial charge is 0.244 e. The number of hydrogen-bond acceptors (Lipinski definition) is 7. The van der Waals surface area contributed by atoms with E-state index in [0.29, 0.717) is 12.2 Å². The third kappa shape index (κ3) is 5.64. The summed E-state index contributed by atoms with van der Waals surface area (Å²) in [5.41, 5.74) is 1.25. The van der Waals surface area contributed by atoms with Crippen LogP contribution in [0.2, 0.25) is 5.02 Å². The zero-order valence-corrected chi connectivity index (χ0v) is 19.7. The van der Waals surface area contributed by atoms with Crippen LogP contribution in [0.4, 0.5) is 5.69 Å². The van der Waals surface area contributed by atoms with Crippen molar-refractivity contribution in [2.24, 2.45) is 0 Å². The van der Waals surface area contributed by atoms with Crippen molar-refractivity contribution >= 4 is 33.2 Å². The number of nitrogens with zero attached hydrogens (tertiary/aromatic N) is 4. The van der Waals surface area contributed by atoms with Gasteiger partial charge in [0.05, 0.1) is 23.3 Å². The summed E-state index contributed by atoms with van der Waals surface area (Å²) in [6.07, 6.45) is 0. The predicted molar refractivity (Wildman–Crippen MR) is 119 cm³/mol. The Balaban J connectivity index is 1.59. The fourth-order valence-corrected chi connectivity index (χ4v) is 4.80. The first-order chi connectivity index (χ1) is 14.6. The van der Waals surface area contributed by atoms with E-state index in [2.05, 4.69) is 20.3 Å². The van der Waals surface area contributed by atoms with Crippen LogP contribution in [0.1, 0.15) is 18.4 Å². The van der Waals surface area contributed by atoms with Crippen LogP contribution in [-0.4, -0.2) is 79.9 Å². The van der Waals surface area contributed by atoms with Crippen molar-refractivity contribution in [1.82, 2.24) is 19.3 Å². The third-order valence-corrected chi connectivity index (χ3v) is 7.64. The van der Waals surface area contributed by atoms with Crippen LogP contribution in [-0.2, 0) is 21.4 Å². The zero-order valence-electron chi connectivity index (χ0n) is 18.1. The Hall–Kier alpha value is -1.98. The lowest BCUT2D eigenvalue weighted by molar-refractivity contribution is -0.121. The first kappa shape index (κ1) is 23.7. The second-order valence-corrected chi connectivity index (χ2v) is 10.4. The molecule has 9 nitrogen and oxygen atoms in total. The van der Waals surface area contributed by atoms with Crippen LogP contribution in [0.5, 0.6) is 0 Å². The van der Waals surface area contributed by atoms with E-state index in [-0.39, 0.29) is 21.9 Å². The lowest BCUT2D eigenvalue weighted by Crippen LogP contribution is -2.52. The highest BCUT2D eigenvalue weighted by atomic mass is 35.5. The van der Waals surface area contributed by atoms with Gasteiger partial charge in [0.2, 0.25) is 15.9 Å². The molecule has 0 spiro atoms. The number of rotatable bonds is 7. The summed E-state index contributed by atoms with van der Waals surface area (Å²) in [6, 6.07) is 6.03. The molecule has 1 aromatic heterocycles. The van der Waals surface area contributed by atoms with Gasteiger partial charge in [0.25, 0.3) is 0 Å². The summed E-state index contributed by atoms with van der Waals surface area (Å²) < 4.78 is 31.2. The number of anilines is 1. The summed E-state index contributed by atoms with van der Waals surface area (Å²) in [5.74, 6) is 0.637. The third-order valence-electron chi connectivity index (χ3n) is 5.35.